The van der Waals surface area contributed by atoms with Gasteiger partial charge in [0.1, 0.15) is 6.10 Å². The minimum absolute atomic E-state index is 0.0550. The highest BCUT2D eigenvalue weighted by Crippen LogP contribution is 2.49. The van der Waals surface area contributed by atoms with Gasteiger partial charge in [0.15, 0.2) is 48.2 Å². The van der Waals surface area contributed by atoms with Crippen LogP contribution in [0.5, 0.6) is 0 Å². The van der Waals surface area contributed by atoms with Gasteiger partial charge in [0.25, 0.3) is 0 Å². The van der Waals surface area contributed by atoms with Gasteiger partial charge in [0.2, 0.25) is 5.91 Å². The van der Waals surface area contributed by atoms with E-state index in [9.17, 15) is 35.3 Å². The summed E-state index contributed by atoms with van der Waals surface area (Å²) in [4.78, 5) is 24.0. The lowest BCUT2D eigenvalue weighted by molar-refractivity contribution is -0.241. The van der Waals surface area contributed by atoms with Crippen molar-refractivity contribution in [3.8, 4) is 0 Å². The van der Waals surface area contributed by atoms with E-state index in [4.69, 9.17) is 32.2 Å². The number of imidazole rings is 1. The highest BCUT2D eigenvalue weighted by molar-refractivity contribution is 7.87. The summed E-state index contributed by atoms with van der Waals surface area (Å²) in [5.74, 6) is -0.960. The number of aromatic nitrogens is 4. The quantitative estimate of drug-likeness (QED) is 0.102. The van der Waals surface area contributed by atoms with E-state index in [-0.39, 0.29) is 37.6 Å². The molecule has 0 bridgehead atoms. The van der Waals surface area contributed by atoms with Gasteiger partial charge in [-0.25, -0.2) is 4.98 Å². The number of carbonyl (C=O) groups is 1. The zero-order valence-electron chi connectivity index (χ0n) is 26.1. The molecule has 47 heavy (non-hydrogen) atoms. The number of amides is 1. The first kappa shape index (κ1) is 37.5. The first-order chi connectivity index (χ1) is 21.9. The fourth-order valence-electron chi connectivity index (χ4n) is 4.53. The molecule has 0 aliphatic carbocycles. The number of rotatable bonds is 13. The lowest BCUT2D eigenvalue weighted by Crippen LogP contribution is -2.44. The summed E-state index contributed by atoms with van der Waals surface area (Å²) in [7, 11) is -10.3. The van der Waals surface area contributed by atoms with E-state index in [1.807, 2.05) is 0 Å². The molecule has 22 heteroatoms. The van der Waals surface area contributed by atoms with Gasteiger partial charge in [-0.1, -0.05) is 20.8 Å². The van der Waals surface area contributed by atoms with Gasteiger partial charge in [-0.3, -0.25) is 18.1 Å². The fourth-order valence-corrected chi connectivity index (χ4v) is 6.48. The van der Waals surface area contributed by atoms with Crippen molar-refractivity contribution in [1.82, 2.24) is 19.5 Å². The van der Waals surface area contributed by atoms with Crippen molar-refractivity contribution in [2.45, 2.75) is 90.4 Å². The maximum atomic E-state index is 14.7. The molecule has 2 aliphatic heterocycles. The number of halogens is 4. The second-order valence-corrected chi connectivity index (χ2v) is 14.9. The maximum Gasteiger partial charge on any atom is 0.523 e. The van der Waals surface area contributed by atoms with Crippen molar-refractivity contribution >= 4 is 40.6 Å². The van der Waals surface area contributed by atoms with Crippen LogP contribution in [0.4, 0.5) is 23.4 Å². The third kappa shape index (κ3) is 8.82. The van der Waals surface area contributed by atoms with Crippen molar-refractivity contribution in [3.63, 3.8) is 0 Å². The lowest BCUT2D eigenvalue weighted by Gasteiger charge is -2.30. The molecule has 1 N–H and O–H groups in total. The summed E-state index contributed by atoms with van der Waals surface area (Å²) < 4.78 is 133. The van der Waals surface area contributed by atoms with Crippen LogP contribution in [0.2, 0.25) is 0 Å². The van der Waals surface area contributed by atoms with Crippen LogP contribution in [0.15, 0.2) is 6.33 Å². The predicted molar refractivity (Wildman–Crippen MR) is 152 cm³/mol. The Morgan fingerprint density at radius 2 is 1.81 bits per heavy atom. The van der Waals surface area contributed by atoms with Crippen LogP contribution in [0.1, 0.15) is 60.1 Å². The molecule has 0 radical (unpaired) electrons. The number of hydrogen-bond acceptors (Lipinski definition) is 14. The van der Waals surface area contributed by atoms with Gasteiger partial charge in [-0.2, -0.15) is 35.9 Å². The second-order valence-electron chi connectivity index (χ2n) is 11.4. The molecule has 0 saturated carbocycles. The molecule has 0 aromatic carbocycles. The van der Waals surface area contributed by atoms with E-state index in [1.165, 1.54) is 13.8 Å². The van der Waals surface area contributed by atoms with Gasteiger partial charge >= 0.3 is 29.3 Å². The van der Waals surface area contributed by atoms with Crippen molar-refractivity contribution in [3.05, 3.63) is 12.4 Å². The summed E-state index contributed by atoms with van der Waals surface area (Å²) >= 11 is 0. The zero-order valence-corrected chi connectivity index (χ0v) is 27.8. The molecule has 5 atom stereocenters. The van der Waals surface area contributed by atoms with Crippen LogP contribution < -0.4 is 5.32 Å². The molecule has 0 spiro atoms. The second kappa shape index (κ2) is 14.6. The highest BCUT2D eigenvalue weighted by atomic mass is 32.2. The first-order valence-electron chi connectivity index (χ1n) is 14.5. The molecule has 2 aromatic heterocycles. The zero-order chi connectivity index (χ0) is 34.8. The average molecular weight is 722 g/mol. The molecule has 4 rings (SSSR count). The van der Waals surface area contributed by atoms with Crippen LogP contribution >= 0.6 is 7.60 Å². The average Bonchev–Trinajstić information content (AvgIpc) is 3.52. The molecule has 1 amide bonds. The minimum atomic E-state index is -6.32. The molecule has 2 aliphatic rings. The Labute approximate surface area is 267 Å². The van der Waals surface area contributed by atoms with Gasteiger partial charge in [0.05, 0.1) is 19.5 Å². The Morgan fingerprint density at radius 1 is 1.13 bits per heavy atom. The van der Waals surface area contributed by atoms with Gasteiger partial charge in [-0.15, -0.1) is 0 Å². The molecule has 16 nitrogen and oxygen atoms in total. The summed E-state index contributed by atoms with van der Waals surface area (Å²) in [6, 6.07) is 0. The van der Waals surface area contributed by atoms with Crippen molar-refractivity contribution in [2.24, 2.45) is 5.41 Å². The monoisotopic (exact) mass is 721 g/mol. The van der Waals surface area contributed by atoms with Crippen molar-refractivity contribution in [2.75, 3.05) is 31.5 Å². The van der Waals surface area contributed by atoms with E-state index in [2.05, 4.69) is 20.3 Å². The molecular weight excluding hydrogens is 685 g/mol. The van der Waals surface area contributed by atoms with Gasteiger partial charge in [0, 0.05) is 12.0 Å². The van der Waals surface area contributed by atoms with Gasteiger partial charge in [-0.05, 0) is 33.1 Å². The number of anilines is 1. The third-order valence-electron chi connectivity index (χ3n) is 6.74. The molecule has 2 aromatic rings. The van der Waals surface area contributed by atoms with E-state index in [1.54, 1.807) is 20.8 Å². The smallest absolute Gasteiger partial charge is 0.353 e. The molecule has 2 fully saturated rings. The number of fused-ring (bicyclic) bond motifs is 1. The van der Waals surface area contributed by atoms with Crippen LogP contribution in [0.25, 0.3) is 11.2 Å². The number of nitrogens with one attached hydrogen (secondary N) is 1. The van der Waals surface area contributed by atoms with Crippen LogP contribution in [0, 0.1) is 11.5 Å². The van der Waals surface area contributed by atoms with Crippen LogP contribution in [-0.4, -0.2) is 90.3 Å². The number of hydrogen-bond donors (Lipinski definition) is 1. The summed E-state index contributed by atoms with van der Waals surface area (Å²) in [6.07, 6.45) is -8.40. The number of alkyl halides is 3. The summed E-state index contributed by atoms with van der Waals surface area (Å²) in [5.41, 5.74) is -7.47. The third-order valence-corrected chi connectivity index (χ3v) is 9.56. The van der Waals surface area contributed by atoms with E-state index >= 15 is 0 Å². The minimum Gasteiger partial charge on any atom is -0.353 e. The first-order valence-corrected chi connectivity index (χ1v) is 17.7. The fraction of sp³-hybridized carbons (Fsp3) is 0.760. The largest absolute Gasteiger partial charge is 0.523 e. The summed E-state index contributed by atoms with van der Waals surface area (Å²) in [5, 5.41) is 2.42. The number of nitrogens with zero attached hydrogens (tertiary/aromatic N) is 4. The molecule has 4 heterocycles. The topological polar surface area (TPSA) is 189 Å². The molecule has 2 saturated heterocycles. The SMILES string of the molecule is CCOP(=O)(CO[C@H]1O[C@@H](n2cnc3c(NC(=O)C(C)(C)C)nc(F)nc32)[C@H](OS(=O)(=O)C(F)(F)F)[C@H]1OC1CCCCO1)OCC. The highest BCUT2D eigenvalue weighted by Gasteiger charge is 2.57. The standard InChI is InChI=1S/C25H36F4N5O11PS/c1-6-41-46(36,42-7-2)13-40-21-17(43-14-10-8-9-11-39-14)16(45-47(37,38)25(27,28)29)20(44-21)34-12-30-15-18(31-22(35)24(3,4)5)32-23(26)33-19(15)34/h12,14,16-17,20-21H,6-11,13H2,1-5H3,(H,31,32,33,35)/t14?,16-,17-,20-,21+/m1/s1. The summed E-state index contributed by atoms with van der Waals surface area (Å²) in [6.45, 7) is 7.94. The van der Waals surface area contributed by atoms with Crippen molar-refractivity contribution in [1.29, 1.82) is 0 Å². The molecule has 1 unspecified atom stereocenters. The van der Waals surface area contributed by atoms with E-state index in [0.29, 0.717) is 12.8 Å². The molecular formula is C25H36F4N5O11PS. The number of carbonyl (C=O) groups excluding carboxylic acids is 1. The Kier molecular flexibility index (Phi) is 11.7. The van der Waals surface area contributed by atoms with Crippen molar-refractivity contribution < 1.29 is 67.5 Å². The lowest BCUT2D eigenvalue weighted by atomic mass is 9.96. The van der Waals surface area contributed by atoms with E-state index in [0.717, 1.165) is 10.9 Å². The van der Waals surface area contributed by atoms with Gasteiger partial charge < -0.3 is 33.3 Å². The molecule has 266 valence electrons. The Hall–Kier alpha value is -2.36. The maximum absolute atomic E-state index is 14.7. The van der Waals surface area contributed by atoms with Crippen LogP contribution in [0.3, 0.4) is 0 Å². The Bertz CT molecular complexity index is 1560. The Morgan fingerprint density at radius 3 is 2.38 bits per heavy atom. The Balaban J connectivity index is 1.81. The van der Waals surface area contributed by atoms with E-state index < -0.39 is 83.6 Å². The van der Waals surface area contributed by atoms with Crippen LogP contribution in [-0.2, 0) is 51.7 Å². The normalized spacial score (nSPS) is 24.6. The predicted octanol–water partition coefficient (Wildman–Crippen LogP) is 4.19. The number of ether oxygens (including phenoxy) is 4.